The molecule has 0 fully saturated rings. The highest BCUT2D eigenvalue weighted by Gasteiger charge is 2.44. The summed E-state index contributed by atoms with van der Waals surface area (Å²) in [7, 11) is 0. The van der Waals surface area contributed by atoms with Crippen LogP contribution >= 0.6 is 0 Å². The molecule has 0 saturated heterocycles. The molecular weight excluding hydrogens is 1030 g/mol. The van der Waals surface area contributed by atoms with E-state index in [-0.39, 0.29) is 68.9 Å². The average Bonchev–Trinajstić information content (AvgIpc) is 1.59. The highest BCUT2D eigenvalue weighted by molar-refractivity contribution is 6.48. The largest absolute Gasteiger partial charge is 0.457 e. The molecule has 4 amide bonds. The third-order valence-electron chi connectivity index (χ3n) is 16.0. The van der Waals surface area contributed by atoms with Gasteiger partial charge in [0.2, 0.25) is 0 Å². The Bertz CT molecular complexity index is 4200. The zero-order valence-electron chi connectivity index (χ0n) is 47.5. The van der Waals surface area contributed by atoms with Gasteiger partial charge in [0.05, 0.1) is 33.6 Å². The first-order valence-electron chi connectivity index (χ1n) is 28.5. The van der Waals surface area contributed by atoms with Crippen LogP contribution in [0.25, 0.3) is 43.1 Å². The van der Waals surface area contributed by atoms with Crippen molar-refractivity contribution >= 4 is 78.1 Å². The molecule has 2 aliphatic heterocycles. The summed E-state index contributed by atoms with van der Waals surface area (Å²) in [5.74, 6) is 0.786. The molecule has 10 nitrogen and oxygen atoms in total. The fourth-order valence-electron chi connectivity index (χ4n) is 12.4. The molecule has 0 unspecified atom stereocenters. The smallest absolute Gasteiger partial charge is 0.266 e. The minimum Gasteiger partial charge on any atom is -0.457 e. The van der Waals surface area contributed by atoms with E-state index in [0.29, 0.717) is 83.9 Å². The van der Waals surface area contributed by atoms with Crippen molar-refractivity contribution in [2.24, 2.45) is 5.92 Å². The standard InChI is InChI=1S/C73H60N2O8/c1-40(2)35-44-23-21-32-49(41(3)4)68(44)74-70(76)52-36-56(80-45-24-13-9-14-25-45)62-64-58(82-47-28-17-11-18-29-47)38-54-61-55(73(79)75(72(54)78)69-50(42(5)6)33-22-34-51(69)43(7)8)39-59(83-48-30-19-12-20-31-48)65(67(61)64)63-57(81-46-26-15-10-16-27-46)37-53(71(74)77)60(52)66(62)63/h9-34,36-43H,35H2,1-8H3. The van der Waals surface area contributed by atoms with Gasteiger partial charge in [-0.2, -0.15) is 0 Å². The second-order valence-corrected chi connectivity index (χ2v) is 22.9. The zero-order chi connectivity index (χ0) is 57.5. The van der Waals surface area contributed by atoms with Crippen molar-refractivity contribution in [1.29, 1.82) is 0 Å². The monoisotopic (exact) mass is 1090 g/mol. The number of hydrogen-bond acceptors (Lipinski definition) is 8. The molecule has 410 valence electrons. The first-order valence-corrected chi connectivity index (χ1v) is 28.5. The van der Waals surface area contributed by atoms with Gasteiger partial charge in [-0.05, 0) is 125 Å². The van der Waals surface area contributed by atoms with Gasteiger partial charge in [-0.15, -0.1) is 0 Å². The van der Waals surface area contributed by atoms with Gasteiger partial charge in [0.1, 0.15) is 46.0 Å². The molecule has 0 N–H and O–H groups in total. The van der Waals surface area contributed by atoms with Gasteiger partial charge in [0.15, 0.2) is 0 Å². The molecule has 0 atom stereocenters. The van der Waals surface area contributed by atoms with E-state index in [9.17, 15) is 0 Å². The fourth-order valence-corrected chi connectivity index (χ4v) is 12.4. The third-order valence-corrected chi connectivity index (χ3v) is 16.0. The van der Waals surface area contributed by atoms with Gasteiger partial charge >= 0.3 is 0 Å². The van der Waals surface area contributed by atoms with Crippen LogP contribution < -0.4 is 28.7 Å². The van der Waals surface area contributed by atoms with Gasteiger partial charge in [-0.25, -0.2) is 9.80 Å². The molecule has 13 rings (SSSR count). The number of fused-ring (bicyclic) bond motifs is 2. The molecule has 11 aromatic rings. The Morgan fingerprint density at radius 2 is 0.590 bits per heavy atom. The Balaban J connectivity index is 1.25. The number of amides is 4. The van der Waals surface area contributed by atoms with Gasteiger partial charge in [0.25, 0.3) is 23.6 Å². The highest BCUT2D eigenvalue weighted by atomic mass is 16.5. The van der Waals surface area contributed by atoms with Gasteiger partial charge < -0.3 is 18.9 Å². The third kappa shape index (κ3) is 8.70. The lowest BCUT2D eigenvalue weighted by molar-refractivity contribution is 0.0877. The average molecular weight is 1090 g/mol. The normalized spacial score (nSPS) is 13.3. The molecule has 2 aliphatic rings. The molecule has 11 aromatic carbocycles. The maximum atomic E-state index is 16.2. The summed E-state index contributed by atoms with van der Waals surface area (Å²) in [4.78, 5) is 67.3. The molecule has 0 saturated carbocycles. The number of nitrogens with zero attached hydrogens (tertiary/aromatic N) is 2. The van der Waals surface area contributed by atoms with Crippen molar-refractivity contribution in [3.05, 3.63) is 226 Å². The van der Waals surface area contributed by atoms with Gasteiger partial charge in [-0.3, -0.25) is 19.2 Å². The van der Waals surface area contributed by atoms with E-state index in [1.54, 1.807) is 24.3 Å². The highest BCUT2D eigenvalue weighted by Crippen LogP contribution is 2.59. The van der Waals surface area contributed by atoms with Crippen molar-refractivity contribution in [1.82, 2.24) is 0 Å². The van der Waals surface area contributed by atoms with Crippen molar-refractivity contribution in [3.8, 4) is 46.0 Å². The maximum absolute atomic E-state index is 16.2. The number of rotatable bonds is 15. The zero-order valence-corrected chi connectivity index (χ0v) is 47.5. The molecule has 0 bridgehead atoms. The van der Waals surface area contributed by atoms with E-state index in [2.05, 4.69) is 55.4 Å². The maximum Gasteiger partial charge on any atom is 0.266 e. The molecule has 0 radical (unpaired) electrons. The van der Waals surface area contributed by atoms with E-state index in [1.807, 2.05) is 158 Å². The summed E-state index contributed by atoms with van der Waals surface area (Å²) in [5.41, 5.74) is 5.41. The number of ether oxygens (including phenoxy) is 4. The summed E-state index contributed by atoms with van der Waals surface area (Å²) in [5, 5.41) is 3.42. The lowest BCUT2D eigenvalue weighted by Gasteiger charge is -2.35. The Morgan fingerprint density at radius 3 is 0.880 bits per heavy atom. The molecule has 10 heteroatoms. The van der Waals surface area contributed by atoms with Crippen molar-refractivity contribution in [3.63, 3.8) is 0 Å². The minimum atomic E-state index is -0.531. The van der Waals surface area contributed by atoms with Crippen LogP contribution in [0.1, 0.15) is 137 Å². The van der Waals surface area contributed by atoms with E-state index >= 15 is 19.2 Å². The Morgan fingerprint density at radius 1 is 0.313 bits per heavy atom. The molecule has 0 spiro atoms. The predicted molar refractivity (Wildman–Crippen MR) is 330 cm³/mol. The van der Waals surface area contributed by atoms with Crippen molar-refractivity contribution in [2.75, 3.05) is 9.80 Å². The first kappa shape index (κ1) is 52.6. The molecule has 0 aromatic heterocycles. The SMILES string of the molecule is CC(C)Cc1cccc(C(C)C)c1N1C(=O)c2cc(Oc3ccccc3)c3c4c(Oc5ccccc5)cc5c6c(cc(Oc7ccccc7)c(c7c(Oc8ccccc8)cc(c2c37)C1=O)c64)C(=O)N(c1c(C(C)C)cccc1C(C)C)C5=O. The second-order valence-electron chi connectivity index (χ2n) is 22.9. The molecule has 83 heavy (non-hydrogen) atoms. The lowest BCUT2D eigenvalue weighted by atomic mass is 9.80. The van der Waals surface area contributed by atoms with Crippen LogP contribution in [0, 0.1) is 5.92 Å². The lowest BCUT2D eigenvalue weighted by Crippen LogP contribution is -2.42. The number of para-hydroxylation sites is 6. The first-order chi connectivity index (χ1) is 40.2. The van der Waals surface area contributed by atoms with E-state index in [4.69, 9.17) is 18.9 Å². The Hall–Kier alpha value is -9.80. The van der Waals surface area contributed by atoms with Crippen molar-refractivity contribution in [2.45, 2.75) is 79.6 Å². The topological polar surface area (TPSA) is 112 Å². The Kier molecular flexibility index (Phi) is 13.1. The summed E-state index contributed by atoms with van der Waals surface area (Å²) < 4.78 is 28.6. The number of carbonyl (C=O) groups excluding carboxylic acids is 4. The van der Waals surface area contributed by atoms with Crippen LogP contribution in [-0.2, 0) is 6.42 Å². The second kappa shape index (κ2) is 20.6. The summed E-state index contributed by atoms with van der Waals surface area (Å²) >= 11 is 0. The van der Waals surface area contributed by atoms with Crippen molar-refractivity contribution < 1.29 is 38.1 Å². The van der Waals surface area contributed by atoms with Crippen LogP contribution in [-0.4, -0.2) is 23.6 Å². The summed E-state index contributed by atoms with van der Waals surface area (Å²) in [6, 6.07) is 56.1. The molecule has 2 heterocycles. The quantitative estimate of drug-likeness (QED) is 0.0567. The van der Waals surface area contributed by atoms with Crippen LogP contribution in [0.15, 0.2) is 182 Å². The summed E-state index contributed by atoms with van der Waals surface area (Å²) in [6.45, 7) is 16.6. The molecular formula is C73H60N2O8. The molecule has 0 aliphatic carbocycles. The van der Waals surface area contributed by atoms with Gasteiger partial charge in [-0.1, -0.05) is 165 Å². The van der Waals surface area contributed by atoms with Crippen LogP contribution in [0.4, 0.5) is 11.4 Å². The van der Waals surface area contributed by atoms with E-state index in [1.165, 1.54) is 9.80 Å². The predicted octanol–water partition coefficient (Wildman–Crippen LogP) is 19.1. The number of imide groups is 2. The Labute approximate surface area is 481 Å². The van der Waals surface area contributed by atoms with Gasteiger partial charge in [0, 0.05) is 43.1 Å². The van der Waals surface area contributed by atoms with Crippen LogP contribution in [0.5, 0.6) is 46.0 Å². The van der Waals surface area contributed by atoms with Crippen LogP contribution in [0.3, 0.4) is 0 Å². The number of hydrogen-bond donors (Lipinski definition) is 0. The number of benzene rings is 11. The van der Waals surface area contributed by atoms with E-state index in [0.717, 1.165) is 22.3 Å². The minimum absolute atomic E-state index is 0.0545. The van der Waals surface area contributed by atoms with E-state index < -0.39 is 23.6 Å². The fraction of sp³-hybridized carbons (Fsp3) is 0.178. The number of anilines is 2. The van der Waals surface area contributed by atoms with Crippen LogP contribution in [0.2, 0.25) is 0 Å². The number of carbonyl (C=O) groups is 4. The summed E-state index contributed by atoms with van der Waals surface area (Å²) in [6.07, 6.45) is 0.614.